The molecule has 1 aromatic carbocycles. The van der Waals surface area contributed by atoms with Crippen LogP contribution < -0.4 is 5.73 Å². The summed E-state index contributed by atoms with van der Waals surface area (Å²) in [5.74, 6) is 0.174. The SMILES string of the molecule is CN(CC(=O)N1CCC(c2ccccc2Cl)C1)C(N)=O. The van der Waals surface area contributed by atoms with E-state index in [1.165, 1.54) is 11.9 Å². The van der Waals surface area contributed by atoms with Crippen LogP contribution in [0.15, 0.2) is 24.3 Å². The second-order valence-electron chi connectivity index (χ2n) is 5.04. The predicted molar refractivity (Wildman–Crippen MR) is 77.6 cm³/mol. The molecule has 1 unspecified atom stereocenters. The van der Waals surface area contributed by atoms with Gasteiger partial charge in [0.1, 0.15) is 6.54 Å². The average molecular weight is 296 g/mol. The fraction of sp³-hybridized carbons (Fsp3) is 0.429. The summed E-state index contributed by atoms with van der Waals surface area (Å²) in [5, 5.41) is 0.737. The van der Waals surface area contributed by atoms with Crippen LogP contribution in [0.3, 0.4) is 0 Å². The van der Waals surface area contributed by atoms with Gasteiger partial charge >= 0.3 is 6.03 Å². The summed E-state index contributed by atoms with van der Waals surface area (Å²) >= 11 is 6.18. The lowest BCUT2D eigenvalue weighted by atomic mass is 9.98. The number of hydrogen-bond acceptors (Lipinski definition) is 2. The maximum absolute atomic E-state index is 12.1. The van der Waals surface area contributed by atoms with Crippen LogP contribution in [0, 0.1) is 0 Å². The topological polar surface area (TPSA) is 66.6 Å². The van der Waals surface area contributed by atoms with E-state index in [1.54, 1.807) is 4.90 Å². The summed E-state index contributed by atoms with van der Waals surface area (Å²) in [6.07, 6.45) is 0.885. The minimum Gasteiger partial charge on any atom is -0.351 e. The molecule has 1 heterocycles. The first-order valence-corrected chi connectivity index (χ1v) is 6.89. The summed E-state index contributed by atoms with van der Waals surface area (Å²) in [5.41, 5.74) is 6.20. The van der Waals surface area contributed by atoms with Crippen molar-refractivity contribution >= 4 is 23.5 Å². The maximum Gasteiger partial charge on any atom is 0.314 e. The van der Waals surface area contributed by atoms with E-state index < -0.39 is 6.03 Å². The van der Waals surface area contributed by atoms with E-state index in [1.807, 2.05) is 24.3 Å². The van der Waals surface area contributed by atoms with Gasteiger partial charge in [0.2, 0.25) is 5.91 Å². The quantitative estimate of drug-likeness (QED) is 0.921. The largest absolute Gasteiger partial charge is 0.351 e. The summed E-state index contributed by atoms with van der Waals surface area (Å²) in [4.78, 5) is 26.0. The molecule has 1 aromatic rings. The standard InChI is InChI=1S/C14H18ClN3O2/c1-17(14(16)20)9-13(19)18-7-6-10(8-18)11-4-2-3-5-12(11)15/h2-5,10H,6-9H2,1H3,(H2,16,20). The molecule has 1 saturated heterocycles. The summed E-state index contributed by atoms with van der Waals surface area (Å²) in [7, 11) is 1.52. The van der Waals surface area contributed by atoms with Gasteiger partial charge in [-0.3, -0.25) is 4.79 Å². The third-order valence-corrected chi connectivity index (χ3v) is 3.98. The third-order valence-electron chi connectivity index (χ3n) is 3.63. The smallest absolute Gasteiger partial charge is 0.314 e. The molecule has 0 saturated carbocycles. The number of likely N-dealkylation sites (tertiary alicyclic amines) is 1. The van der Waals surface area contributed by atoms with Gasteiger partial charge in [-0.2, -0.15) is 0 Å². The Hall–Kier alpha value is -1.75. The van der Waals surface area contributed by atoms with Crippen molar-refractivity contribution in [2.75, 3.05) is 26.7 Å². The highest BCUT2D eigenvalue weighted by atomic mass is 35.5. The number of benzene rings is 1. The van der Waals surface area contributed by atoms with Crippen molar-refractivity contribution in [1.29, 1.82) is 0 Å². The molecule has 2 rings (SSSR count). The van der Waals surface area contributed by atoms with Gasteiger partial charge in [-0.25, -0.2) is 4.79 Å². The molecule has 0 aliphatic carbocycles. The number of halogens is 1. The molecule has 3 amide bonds. The van der Waals surface area contributed by atoms with Gasteiger partial charge in [0.25, 0.3) is 0 Å². The molecule has 0 radical (unpaired) electrons. The van der Waals surface area contributed by atoms with Crippen LogP contribution in [0.5, 0.6) is 0 Å². The molecular weight excluding hydrogens is 278 g/mol. The molecule has 1 fully saturated rings. The lowest BCUT2D eigenvalue weighted by Gasteiger charge is -2.20. The van der Waals surface area contributed by atoms with E-state index in [2.05, 4.69) is 0 Å². The molecule has 0 bridgehead atoms. The van der Waals surface area contributed by atoms with Crippen molar-refractivity contribution in [3.8, 4) is 0 Å². The number of carbonyl (C=O) groups is 2. The normalized spacial score (nSPS) is 18.1. The molecule has 6 heteroatoms. The number of amides is 3. The Kier molecular flexibility index (Phi) is 4.49. The van der Waals surface area contributed by atoms with Gasteiger partial charge in [0.05, 0.1) is 0 Å². The van der Waals surface area contributed by atoms with Crippen LogP contribution in [0.4, 0.5) is 4.79 Å². The van der Waals surface area contributed by atoms with Gasteiger partial charge in [-0.05, 0) is 18.1 Å². The summed E-state index contributed by atoms with van der Waals surface area (Å²) < 4.78 is 0. The van der Waals surface area contributed by atoms with Gasteiger partial charge in [0.15, 0.2) is 0 Å². The molecule has 1 atom stereocenters. The highest BCUT2D eigenvalue weighted by Crippen LogP contribution is 2.31. The molecule has 20 heavy (non-hydrogen) atoms. The Morgan fingerprint density at radius 2 is 2.15 bits per heavy atom. The Labute approximate surface area is 123 Å². The van der Waals surface area contributed by atoms with Gasteiger partial charge in [-0.15, -0.1) is 0 Å². The molecule has 0 aromatic heterocycles. The van der Waals surface area contributed by atoms with Crippen LogP contribution in [0.25, 0.3) is 0 Å². The van der Waals surface area contributed by atoms with Crippen molar-refractivity contribution < 1.29 is 9.59 Å². The lowest BCUT2D eigenvalue weighted by molar-refractivity contribution is -0.130. The summed E-state index contributed by atoms with van der Waals surface area (Å²) in [6.45, 7) is 1.33. The zero-order chi connectivity index (χ0) is 14.7. The highest BCUT2D eigenvalue weighted by Gasteiger charge is 2.29. The van der Waals surface area contributed by atoms with E-state index in [4.69, 9.17) is 17.3 Å². The maximum atomic E-state index is 12.1. The number of hydrogen-bond donors (Lipinski definition) is 1. The Morgan fingerprint density at radius 1 is 1.45 bits per heavy atom. The Bertz CT molecular complexity index is 521. The fourth-order valence-electron chi connectivity index (χ4n) is 2.43. The minimum absolute atomic E-state index is 0.0184. The highest BCUT2D eigenvalue weighted by molar-refractivity contribution is 6.31. The summed E-state index contributed by atoms with van der Waals surface area (Å²) in [6, 6.07) is 7.11. The molecule has 1 aliphatic rings. The third kappa shape index (κ3) is 3.22. The fourth-order valence-corrected chi connectivity index (χ4v) is 2.72. The first-order chi connectivity index (χ1) is 9.49. The van der Waals surface area contributed by atoms with Crippen LogP contribution in [-0.4, -0.2) is 48.4 Å². The van der Waals surface area contributed by atoms with E-state index in [-0.39, 0.29) is 18.4 Å². The molecule has 0 spiro atoms. The number of carbonyl (C=O) groups excluding carboxylic acids is 2. The van der Waals surface area contributed by atoms with E-state index in [9.17, 15) is 9.59 Å². The van der Waals surface area contributed by atoms with Crippen LogP contribution >= 0.6 is 11.6 Å². The monoisotopic (exact) mass is 295 g/mol. The number of nitrogens with zero attached hydrogens (tertiary/aromatic N) is 2. The Balaban J connectivity index is 1.97. The zero-order valence-electron chi connectivity index (χ0n) is 11.4. The second-order valence-corrected chi connectivity index (χ2v) is 5.45. The Morgan fingerprint density at radius 3 is 2.80 bits per heavy atom. The lowest BCUT2D eigenvalue weighted by Crippen LogP contribution is -2.42. The number of urea groups is 1. The average Bonchev–Trinajstić information content (AvgIpc) is 2.88. The van der Waals surface area contributed by atoms with Crippen LogP contribution in [0.1, 0.15) is 17.9 Å². The zero-order valence-corrected chi connectivity index (χ0v) is 12.1. The van der Waals surface area contributed by atoms with Crippen molar-refractivity contribution in [2.45, 2.75) is 12.3 Å². The molecule has 5 nitrogen and oxygen atoms in total. The van der Waals surface area contributed by atoms with Crippen LogP contribution in [0.2, 0.25) is 5.02 Å². The number of primary amides is 1. The number of likely N-dealkylation sites (N-methyl/N-ethyl adjacent to an activating group) is 1. The van der Waals surface area contributed by atoms with Gasteiger partial charge in [0, 0.05) is 31.1 Å². The molecule has 2 N–H and O–H groups in total. The molecule has 1 aliphatic heterocycles. The van der Waals surface area contributed by atoms with Gasteiger partial charge < -0.3 is 15.5 Å². The molecule has 108 valence electrons. The van der Waals surface area contributed by atoms with Crippen molar-refractivity contribution in [3.63, 3.8) is 0 Å². The van der Waals surface area contributed by atoms with Crippen molar-refractivity contribution in [2.24, 2.45) is 5.73 Å². The number of nitrogens with two attached hydrogens (primary N) is 1. The molecular formula is C14H18ClN3O2. The number of rotatable bonds is 3. The van der Waals surface area contributed by atoms with Crippen molar-refractivity contribution in [3.05, 3.63) is 34.9 Å². The predicted octanol–water partition coefficient (Wildman–Crippen LogP) is 1.67. The first-order valence-electron chi connectivity index (χ1n) is 6.52. The van der Waals surface area contributed by atoms with Crippen LogP contribution in [-0.2, 0) is 4.79 Å². The first kappa shape index (κ1) is 14.7. The van der Waals surface area contributed by atoms with E-state index >= 15 is 0 Å². The minimum atomic E-state index is -0.597. The second kappa shape index (κ2) is 6.13. The van der Waals surface area contributed by atoms with Gasteiger partial charge in [-0.1, -0.05) is 29.8 Å². The van der Waals surface area contributed by atoms with E-state index in [0.29, 0.717) is 13.1 Å². The van der Waals surface area contributed by atoms with E-state index in [0.717, 1.165) is 17.0 Å². The van der Waals surface area contributed by atoms with Crippen molar-refractivity contribution in [1.82, 2.24) is 9.80 Å².